The number of aliphatic hydroxyl groups is 12. The van der Waals surface area contributed by atoms with Crippen LogP contribution >= 0.6 is 0 Å². The van der Waals surface area contributed by atoms with E-state index in [0.29, 0.717) is 0 Å². The molecule has 0 fully saturated rings. The predicted molar refractivity (Wildman–Crippen MR) is 95.7 cm³/mol. The van der Waals surface area contributed by atoms with Crippen LogP contribution < -0.4 is 0 Å². The average Bonchev–Trinajstić information content (AvgIpc) is 2.78. The molecule has 0 aliphatic carbocycles. The molecule has 0 radical (unpaired) electrons. The summed E-state index contributed by atoms with van der Waals surface area (Å²) >= 11 is 0. The maximum atomic E-state index is 11.6. The Morgan fingerprint density at radius 3 is 1.03 bits per heavy atom. The molecule has 0 spiro atoms. The van der Waals surface area contributed by atoms with Crippen LogP contribution in [0.1, 0.15) is 12.8 Å². The van der Waals surface area contributed by atoms with E-state index in [-0.39, 0.29) is 0 Å². The van der Waals surface area contributed by atoms with E-state index in [1.54, 1.807) is 0 Å². The Morgan fingerprint density at radius 2 is 0.781 bits per heavy atom. The quantitative estimate of drug-likeness (QED) is 0.0768. The van der Waals surface area contributed by atoms with Crippen LogP contribution in [0.2, 0.25) is 0 Å². The molecule has 0 amide bonds. The second kappa shape index (κ2) is 14.6. The van der Waals surface area contributed by atoms with Gasteiger partial charge in [-0.3, -0.25) is 9.59 Å². The van der Waals surface area contributed by atoms with Crippen LogP contribution in [0.3, 0.4) is 0 Å². The van der Waals surface area contributed by atoms with E-state index in [1.165, 1.54) is 0 Å². The largest absolute Gasteiger partial charge is 0.433 e. The van der Waals surface area contributed by atoms with Crippen LogP contribution in [0.5, 0.6) is 0 Å². The van der Waals surface area contributed by atoms with Crippen molar-refractivity contribution in [3.63, 3.8) is 0 Å². The standard InChI is InChI=1S/C16H30O16/c17-3-5(19)9(23)11(25)13(27)15(29)31-7(21)1-2-8(22)32-16(30)14(28)12(26)10(24)6(20)4-18/h5-6,9-20,23-30H,1-4H2/t5-,6-,9-,10-,11+,12+,13-,14-,15?,16?/m1/s1. The molecule has 16 nitrogen and oxygen atoms in total. The van der Waals surface area contributed by atoms with Crippen molar-refractivity contribution < 1.29 is 80.3 Å². The zero-order chi connectivity index (χ0) is 25.2. The maximum absolute atomic E-state index is 11.6. The third-order valence-electron chi connectivity index (χ3n) is 4.18. The molecule has 0 aromatic heterocycles. The van der Waals surface area contributed by atoms with Crippen molar-refractivity contribution >= 4 is 11.9 Å². The summed E-state index contributed by atoms with van der Waals surface area (Å²) in [6.45, 7) is -1.97. The van der Waals surface area contributed by atoms with Crippen LogP contribution in [0.15, 0.2) is 0 Å². The molecule has 2 unspecified atom stereocenters. The minimum atomic E-state index is -2.41. The van der Waals surface area contributed by atoms with E-state index in [4.69, 9.17) is 20.4 Å². The summed E-state index contributed by atoms with van der Waals surface area (Å²) in [7, 11) is 0. The van der Waals surface area contributed by atoms with E-state index in [1.807, 2.05) is 0 Å². The van der Waals surface area contributed by atoms with Crippen molar-refractivity contribution in [1.29, 1.82) is 0 Å². The smallest absolute Gasteiger partial charge is 0.308 e. The van der Waals surface area contributed by atoms with Crippen molar-refractivity contribution in [1.82, 2.24) is 0 Å². The summed E-state index contributed by atoms with van der Waals surface area (Å²) in [5.41, 5.74) is 0. The van der Waals surface area contributed by atoms with Crippen molar-refractivity contribution in [2.45, 2.75) is 74.3 Å². The lowest BCUT2D eigenvalue weighted by atomic mass is 10.0. The average molecular weight is 478 g/mol. The number of carbonyl (C=O) groups is 2. The second-order valence-corrected chi connectivity index (χ2v) is 6.70. The van der Waals surface area contributed by atoms with Gasteiger partial charge in [-0.05, 0) is 0 Å². The molecular formula is C16H30O16. The van der Waals surface area contributed by atoms with Gasteiger partial charge in [0.2, 0.25) is 12.6 Å². The van der Waals surface area contributed by atoms with Crippen molar-refractivity contribution in [2.24, 2.45) is 0 Å². The van der Waals surface area contributed by atoms with Gasteiger partial charge in [0, 0.05) is 0 Å². The van der Waals surface area contributed by atoms with Gasteiger partial charge in [0.25, 0.3) is 0 Å². The Hall–Kier alpha value is -1.54. The number of hydrogen-bond donors (Lipinski definition) is 12. The van der Waals surface area contributed by atoms with Gasteiger partial charge in [-0.1, -0.05) is 0 Å². The SMILES string of the molecule is O=C(CCC(=O)OC(O)[C@H](O)[C@@H](O)[C@H](O)[C@H](O)CO)OC(O)[C@H](O)[C@@H](O)[C@H](O)[C@H](O)CO. The third kappa shape index (κ3) is 9.53. The summed E-state index contributed by atoms with van der Waals surface area (Å²) in [6, 6.07) is 0. The molecule has 0 aliphatic rings. The van der Waals surface area contributed by atoms with Gasteiger partial charge in [-0.15, -0.1) is 0 Å². The number of rotatable bonds is 15. The molecule has 0 aliphatic heterocycles. The van der Waals surface area contributed by atoms with E-state index < -0.39 is 99.4 Å². The molecule has 0 aromatic carbocycles. The molecule has 16 heteroatoms. The van der Waals surface area contributed by atoms with Crippen LogP contribution in [0, 0.1) is 0 Å². The van der Waals surface area contributed by atoms with Gasteiger partial charge >= 0.3 is 11.9 Å². The molecule has 0 heterocycles. The number of esters is 2. The van der Waals surface area contributed by atoms with Crippen molar-refractivity contribution in [2.75, 3.05) is 13.2 Å². The topological polar surface area (TPSA) is 295 Å². The molecule has 0 rings (SSSR count). The van der Waals surface area contributed by atoms with Crippen LogP contribution in [0.25, 0.3) is 0 Å². The molecule has 0 aromatic rings. The van der Waals surface area contributed by atoms with E-state index in [0.717, 1.165) is 0 Å². The van der Waals surface area contributed by atoms with Crippen LogP contribution in [-0.2, 0) is 19.1 Å². The normalized spacial score (nSPS) is 21.2. The molecular weight excluding hydrogens is 448 g/mol. The first-order valence-corrected chi connectivity index (χ1v) is 9.19. The highest BCUT2D eigenvalue weighted by Gasteiger charge is 2.37. The molecule has 32 heavy (non-hydrogen) atoms. The second-order valence-electron chi connectivity index (χ2n) is 6.70. The van der Waals surface area contributed by atoms with Crippen molar-refractivity contribution in [3.8, 4) is 0 Å². The zero-order valence-electron chi connectivity index (χ0n) is 16.6. The first-order valence-electron chi connectivity index (χ1n) is 9.19. The molecule has 190 valence electrons. The molecule has 10 atom stereocenters. The summed E-state index contributed by atoms with van der Waals surface area (Å²) in [5, 5.41) is 112. The van der Waals surface area contributed by atoms with E-state index in [2.05, 4.69) is 9.47 Å². The third-order valence-corrected chi connectivity index (χ3v) is 4.18. The Balaban J connectivity index is 4.55. The highest BCUT2D eigenvalue weighted by molar-refractivity contribution is 5.77. The Kier molecular flexibility index (Phi) is 13.9. The number of aliphatic hydroxyl groups excluding tert-OH is 12. The Bertz CT molecular complexity index is 512. The lowest BCUT2D eigenvalue weighted by Gasteiger charge is -2.28. The highest BCUT2D eigenvalue weighted by Crippen LogP contribution is 2.12. The number of hydrogen-bond acceptors (Lipinski definition) is 16. The van der Waals surface area contributed by atoms with Gasteiger partial charge in [-0.25, -0.2) is 0 Å². The van der Waals surface area contributed by atoms with Crippen LogP contribution in [-0.4, -0.2) is 148 Å². The minimum absolute atomic E-state index is 0.808. The summed E-state index contributed by atoms with van der Waals surface area (Å²) < 4.78 is 8.63. The predicted octanol–water partition coefficient (Wildman–Crippen LogP) is -7.64. The van der Waals surface area contributed by atoms with Gasteiger partial charge in [-0.2, -0.15) is 0 Å². The molecule has 0 saturated heterocycles. The zero-order valence-corrected chi connectivity index (χ0v) is 16.6. The number of carbonyl (C=O) groups excluding carboxylic acids is 2. The van der Waals surface area contributed by atoms with Gasteiger partial charge < -0.3 is 70.8 Å². The fourth-order valence-corrected chi connectivity index (χ4v) is 2.14. The highest BCUT2D eigenvalue weighted by atomic mass is 16.7. The Labute approximate surface area is 180 Å². The van der Waals surface area contributed by atoms with E-state index in [9.17, 15) is 50.4 Å². The van der Waals surface area contributed by atoms with Gasteiger partial charge in [0.1, 0.15) is 48.8 Å². The lowest BCUT2D eigenvalue weighted by molar-refractivity contribution is -0.217. The first-order chi connectivity index (χ1) is 14.8. The van der Waals surface area contributed by atoms with Gasteiger partial charge in [0.15, 0.2) is 0 Å². The molecule has 0 saturated carbocycles. The minimum Gasteiger partial charge on any atom is -0.433 e. The monoisotopic (exact) mass is 478 g/mol. The lowest BCUT2D eigenvalue weighted by Crippen LogP contribution is -2.51. The number of ether oxygens (including phenoxy) is 2. The fourth-order valence-electron chi connectivity index (χ4n) is 2.14. The summed E-state index contributed by atoms with van der Waals surface area (Å²) in [6.07, 6.45) is -23.4. The van der Waals surface area contributed by atoms with E-state index >= 15 is 0 Å². The first kappa shape index (κ1) is 30.5. The summed E-state index contributed by atoms with van der Waals surface area (Å²) in [5.74, 6) is -2.65. The molecule has 0 bridgehead atoms. The Morgan fingerprint density at radius 1 is 0.500 bits per heavy atom. The van der Waals surface area contributed by atoms with Gasteiger partial charge in [0.05, 0.1) is 26.1 Å². The van der Waals surface area contributed by atoms with Crippen molar-refractivity contribution in [3.05, 3.63) is 0 Å². The fraction of sp³-hybridized carbons (Fsp3) is 0.875. The molecule has 12 N–H and O–H groups in total. The van der Waals surface area contributed by atoms with Crippen LogP contribution in [0.4, 0.5) is 0 Å². The summed E-state index contributed by atoms with van der Waals surface area (Å²) in [4.78, 5) is 23.2. The maximum Gasteiger partial charge on any atom is 0.308 e.